The lowest BCUT2D eigenvalue weighted by Crippen LogP contribution is -2.37. The van der Waals surface area contributed by atoms with Gasteiger partial charge < -0.3 is 15.0 Å². The molecule has 18 heavy (non-hydrogen) atoms. The fourth-order valence-electron chi connectivity index (χ4n) is 1.77. The van der Waals surface area contributed by atoms with Gasteiger partial charge in [-0.25, -0.2) is 9.97 Å². The molecule has 0 bridgehead atoms. The summed E-state index contributed by atoms with van der Waals surface area (Å²) in [4.78, 5) is 12.5. The Labute approximate surface area is 103 Å². The van der Waals surface area contributed by atoms with Gasteiger partial charge in [-0.1, -0.05) is 5.16 Å². The first-order chi connectivity index (χ1) is 8.67. The molecule has 0 spiro atoms. The van der Waals surface area contributed by atoms with Crippen molar-refractivity contribution in [2.75, 3.05) is 13.2 Å². The van der Waals surface area contributed by atoms with E-state index in [-0.39, 0.29) is 0 Å². The number of aryl methyl sites for hydroxylation is 1. The van der Waals surface area contributed by atoms with Crippen LogP contribution >= 0.6 is 0 Å². The molecular formula is C11H13N5O2. The van der Waals surface area contributed by atoms with Crippen molar-refractivity contribution in [3.8, 4) is 11.6 Å². The highest BCUT2D eigenvalue weighted by Gasteiger charge is 2.38. The minimum atomic E-state index is -0.685. The van der Waals surface area contributed by atoms with Crippen LogP contribution in [0.1, 0.15) is 17.9 Å². The van der Waals surface area contributed by atoms with E-state index in [0.29, 0.717) is 37.2 Å². The monoisotopic (exact) mass is 247 g/mol. The minimum Gasteiger partial charge on any atom is -0.379 e. The molecule has 1 saturated heterocycles. The van der Waals surface area contributed by atoms with Gasteiger partial charge >= 0.3 is 0 Å². The maximum Gasteiger partial charge on any atom is 0.249 e. The van der Waals surface area contributed by atoms with Crippen LogP contribution in [0.5, 0.6) is 0 Å². The molecule has 1 atom stereocenters. The summed E-state index contributed by atoms with van der Waals surface area (Å²) in [5.41, 5.74) is 6.42. The van der Waals surface area contributed by atoms with Gasteiger partial charge in [0.25, 0.3) is 0 Å². The largest absolute Gasteiger partial charge is 0.379 e. The minimum absolute atomic E-state index is 0.349. The Bertz CT molecular complexity index is 545. The Morgan fingerprint density at radius 3 is 2.72 bits per heavy atom. The maximum absolute atomic E-state index is 6.13. The van der Waals surface area contributed by atoms with Gasteiger partial charge in [0.1, 0.15) is 5.54 Å². The summed E-state index contributed by atoms with van der Waals surface area (Å²) >= 11 is 0. The summed E-state index contributed by atoms with van der Waals surface area (Å²) in [7, 11) is 0. The number of rotatable bonds is 2. The van der Waals surface area contributed by atoms with E-state index >= 15 is 0 Å². The molecule has 3 heterocycles. The number of nitrogens with two attached hydrogens (primary N) is 1. The first-order valence-corrected chi connectivity index (χ1v) is 5.67. The van der Waals surface area contributed by atoms with Crippen LogP contribution in [0.2, 0.25) is 0 Å². The molecule has 3 rings (SSSR count). The standard InChI is InChI=1S/C11H13N5O2/c1-7-4-13-8(14-5-7)9-15-10(18-16-9)11(12)2-3-17-6-11/h4-5H,2-3,6,12H2,1H3. The maximum atomic E-state index is 6.13. The first kappa shape index (κ1) is 11.2. The Hall–Kier alpha value is -1.86. The second kappa shape index (κ2) is 4.11. The molecule has 0 radical (unpaired) electrons. The molecule has 0 amide bonds. The Morgan fingerprint density at radius 2 is 2.06 bits per heavy atom. The van der Waals surface area contributed by atoms with Crippen LogP contribution < -0.4 is 5.73 Å². The Kier molecular flexibility index (Phi) is 2.57. The fraction of sp³-hybridized carbons (Fsp3) is 0.455. The lowest BCUT2D eigenvalue weighted by molar-refractivity contribution is 0.166. The van der Waals surface area contributed by atoms with Crippen molar-refractivity contribution in [1.29, 1.82) is 0 Å². The second-order valence-electron chi connectivity index (χ2n) is 4.47. The number of hydrogen-bond acceptors (Lipinski definition) is 7. The van der Waals surface area contributed by atoms with Crippen molar-refractivity contribution in [3.63, 3.8) is 0 Å². The van der Waals surface area contributed by atoms with E-state index in [1.165, 1.54) is 0 Å². The molecule has 1 aliphatic rings. The van der Waals surface area contributed by atoms with E-state index in [4.69, 9.17) is 15.0 Å². The van der Waals surface area contributed by atoms with Crippen LogP contribution in [0.3, 0.4) is 0 Å². The lowest BCUT2D eigenvalue weighted by Gasteiger charge is -2.14. The van der Waals surface area contributed by atoms with Gasteiger partial charge in [-0.2, -0.15) is 4.98 Å². The third-order valence-electron chi connectivity index (χ3n) is 2.89. The molecule has 94 valence electrons. The average molecular weight is 247 g/mol. The zero-order chi connectivity index (χ0) is 12.6. The van der Waals surface area contributed by atoms with Crippen molar-refractivity contribution in [2.45, 2.75) is 18.9 Å². The zero-order valence-corrected chi connectivity index (χ0v) is 9.96. The fourth-order valence-corrected chi connectivity index (χ4v) is 1.77. The van der Waals surface area contributed by atoms with Crippen molar-refractivity contribution in [3.05, 3.63) is 23.8 Å². The van der Waals surface area contributed by atoms with Gasteiger partial charge in [-0.15, -0.1) is 0 Å². The van der Waals surface area contributed by atoms with E-state index in [1.54, 1.807) is 12.4 Å². The highest BCUT2D eigenvalue weighted by atomic mass is 16.5. The number of hydrogen-bond donors (Lipinski definition) is 1. The highest BCUT2D eigenvalue weighted by Crippen LogP contribution is 2.27. The molecular weight excluding hydrogens is 234 g/mol. The predicted octanol–water partition coefficient (Wildman–Crippen LogP) is 0.409. The van der Waals surface area contributed by atoms with E-state index in [2.05, 4.69) is 20.1 Å². The van der Waals surface area contributed by atoms with Crippen molar-refractivity contribution >= 4 is 0 Å². The molecule has 0 aromatic carbocycles. The molecule has 1 aliphatic heterocycles. The van der Waals surface area contributed by atoms with Crippen molar-refractivity contribution in [1.82, 2.24) is 20.1 Å². The quantitative estimate of drug-likeness (QED) is 0.820. The number of ether oxygens (including phenoxy) is 1. The van der Waals surface area contributed by atoms with E-state index < -0.39 is 5.54 Å². The number of nitrogens with zero attached hydrogens (tertiary/aromatic N) is 4. The van der Waals surface area contributed by atoms with Gasteiger partial charge in [-0.3, -0.25) is 0 Å². The van der Waals surface area contributed by atoms with Crippen LogP contribution in [-0.2, 0) is 10.3 Å². The van der Waals surface area contributed by atoms with Crippen LogP contribution in [0.4, 0.5) is 0 Å². The van der Waals surface area contributed by atoms with Crippen LogP contribution in [0.15, 0.2) is 16.9 Å². The van der Waals surface area contributed by atoms with E-state index in [0.717, 1.165) is 5.56 Å². The van der Waals surface area contributed by atoms with Gasteiger partial charge in [-0.05, 0) is 18.9 Å². The summed E-state index contributed by atoms with van der Waals surface area (Å²) in [6.45, 7) is 2.91. The summed E-state index contributed by atoms with van der Waals surface area (Å²) < 4.78 is 10.5. The van der Waals surface area contributed by atoms with Gasteiger partial charge in [0.2, 0.25) is 17.5 Å². The second-order valence-corrected chi connectivity index (χ2v) is 4.47. The van der Waals surface area contributed by atoms with E-state index in [1.807, 2.05) is 6.92 Å². The average Bonchev–Trinajstić information content (AvgIpc) is 2.99. The third-order valence-corrected chi connectivity index (χ3v) is 2.89. The molecule has 2 N–H and O–H groups in total. The zero-order valence-electron chi connectivity index (χ0n) is 9.96. The topological polar surface area (TPSA) is 100.0 Å². The first-order valence-electron chi connectivity index (χ1n) is 5.67. The molecule has 2 aromatic heterocycles. The van der Waals surface area contributed by atoms with Gasteiger partial charge in [0.15, 0.2) is 0 Å². The molecule has 0 saturated carbocycles. The van der Waals surface area contributed by atoms with Crippen LogP contribution in [0, 0.1) is 6.92 Å². The van der Waals surface area contributed by atoms with Crippen LogP contribution in [0.25, 0.3) is 11.6 Å². The normalized spacial score (nSPS) is 23.4. The Morgan fingerprint density at radius 1 is 1.28 bits per heavy atom. The highest BCUT2D eigenvalue weighted by molar-refractivity contribution is 5.41. The molecule has 1 fully saturated rings. The van der Waals surface area contributed by atoms with Crippen molar-refractivity contribution < 1.29 is 9.26 Å². The predicted molar refractivity (Wildman–Crippen MR) is 61.4 cm³/mol. The molecule has 7 nitrogen and oxygen atoms in total. The molecule has 0 aliphatic carbocycles. The molecule has 1 unspecified atom stereocenters. The third kappa shape index (κ3) is 1.87. The number of aromatic nitrogens is 4. The summed E-state index contributed by atoms with van der Waals surface area (Å²) in [5.74, 6) is 1.15. The summed E-state index contributed by atoms with van der Waals surface area (Å²) in [6, 6.07) is 0. The SMILES string of the molecule is Cc1cnc(-c2noc(C3(N)CCOC3)n2)nc1. The smallest absolute Gasteiger partial charge is 0.249 e. The van der Waals surface area contributed by atoms with Gasteiger partial charge in [0, 0.05) is 19.0 Å². The summed E-state index contributed by atoms with van der Waals surface area (Å²) in [6.07, 6.45) is 4.08. The molecule has 2 aromatic rings. The lowest BCUT2D eigenvalue weighted by atomic mass is 10.0. The van der Waals surface area contributed by atoms with Gasteiger partial charge in [0.05, 0.1) is 6.61 Å². The molecule has 7 heteroatoms. The van der Waals surface area contributed by atoms with Crippen LogP contribution in [-0.4, -0.2) is 33.3 Å². The van der Waals surface area contributed by atoms with Crippen molar-refractivity contribution in [2.24, 2.45) is 5.73 Å². The summed E-state index contributed by atoms with van der Waals surface area (Å²) in [5, 5.41) is 3.86. The Balaban J connectivity index is 1.91. The van der Waals surface area contributed by atoms with E-state index in [9.17, 15) is 0 Å².